The molecule has 5 rings (SSSR count). The third kappa shape index (κ3) is 2.58. The summed E-state index contributed by atoms with van der Waals surface area (Å²) in [5, 5.41) is 8.04. The lowest BCUT2D eigenvalue weighted by molar-refractivity contribution is 0.167. The summed E-state index contributed by atoms with van der Waals surface area (Å²) in [6.07, 6.45) is 7.91. The molecule has 1 N–H and O–H groups in total. The normalized spacial score (nSPS) is 16.7. The lowest BCUT2D eigenvalue weighted by Crippen LogP contribution is -2.41. The van der Waals surface area contributed by atoms with Gasteiger partial charge in [0.25, 0.3) is 0 Å². The van der Waals surface area contributed by atoms with Gasteiger partial charge >= 0.3 is 0 Å². The molecule has 0 aliphatic heterocycles. The zero-order valence-corrected chi connectivity index (χ0v) is 14.8. The first-order valence-corrected chi connectivity index (χ1v) is 8.91. The van der Waals surface area contributed by atoms with Gasteiger partial charge in [-0.15, -0.1) is 5.10 Å². The summed E-state index contributed by atoms with van der Waals surface area (Å²) in [5.41, 5.74) is 5.08. The number of nitrogens with zero attached hydrogens (tertiary/aromatic N) is 5. The molecule has 0 aromatic carbocycles. The van der Waals surface area contributed by atoms with E-state index in [9.17, 15) is 0 Å². The van der Waals surface area contributed by atoms with Gasteiger partial charge in [-0.25, -0.2) is 14.5 Å². The van der Waals surface area contributed by atoms with Crippen molar-refractivity contribution < 1.29 is 0 Å². The molecule has 6 heteroatoms. The van der Waals surface area contributed by atoms with Crippen molar-refractivity contribution in [3.05, 3.63) is 48.9 Å². The first-order chi connectivity index (χ1) is 12.6. The van der Waals surface area contributed by atoms with Crippen LogP contribution in [0.2, 0.25) is 0 Å². The van der Waals surface area contributed by atoms with Gasteiger partial charge < -0.3 is 5.32 Å². The average molecular weight is 344 g/mol. The number of hydrogen-bond donors (Lipinski definition) is 1. The second kappa shape index (κ2) is 5.49. The quantitative estimate of drug-likeness (QED) is 0.610. The van der Waals surface area contributed by atoms with Crippen molar-refractivity contribution in [3.8, 4) is 11.3 Å². The predicted molar refractivity (Wildman–Crippen MR) is 102 cm³/mol. The molecule has 0 spiro atoms. The Morgan fingerprint density at radius 3 is 2.81 bits per heavy atom. The van der Waals surface area contributed by atoms with E-state index in [4.69, 9.17) is 4.98 Å². The van der Waals surface area contributed by atoms with Crippen LogP contribution in [0.4, 0.5) is 5.95 Å². The van der Waals surface area contributed by atoms with E-state index in [0.29, 0.717) is 17.4 Å². The monoisotopic (exact) mass is 344 g/mol. The van der Waals surface area contributed by atoms with Crippen molar-refractivity contribution in [2.45, 2.75) is 32.7 Å². The molecule has 130 valence electrons. The number of nitrogens with one attached hydrogen (secondary N) is 1. The molecule has 0 saturated heterocycles. The third-order valence-electron chi connectivity index (χ3n) is 5.08. The van der Waals surface area contributed by atoms with Crippen molar-refractivity contribution in [3.63, 3.8) is 0 Å². The Labute approximate surface area is 151 Å². The Kier molecular flexibility index (Phi) is 3.22. The number of rotatable bonds is 3. The molecule has 4 heterocycles. The van der Waals surface area contributed by atoms with Crippen molar-refractivity contribution >= 4 is 22.5 Å². The third-order valence-corrected chi connectivity index (χ3v) is 5.08. The second-order valence-corrected chi connectivity index (χ2v) is 7.79. The van der Waals surface area contributed by atoms with E-state index in [-0.39, 0.29) is 0 Å². The van der Waals surface area contributed by atoms with Crippen LogP contribution in [0.15, 0.2) is 48.9 Å². The Hall–Kier alpha value is -3.02. The fraction of sp³-hybridized carbons (Fsp3) is 0.300. The Bertz CT molecular complexity index is 1110. The summed E-state index contributed by atoms with van der Waals surface area (Å²) in [4.78, 5) is 13.6. The molecule has 6 nitrogen and oxygen atoms in total. The molecule has 0 radical (unpaired) electrons. The van der Waals surface area contributed by atoms with Gasteiger partial charge in [0, 0.05) is 24.0 Å². The summed E-state index contributed by atoms with van der Waals surface area (Å²) in [6, 6.07) is 10.4. The topological polar surface area (TPSA) is 68.0 Å². The van der Waals surface area contributed by atoms with Crippen LogP contribution in [-0.4, -0.2) is 30.6 Å². The van der Waals surface area contributed by atoms with E-state index in [2.05, 4.69) is 34.2 Å². The second-order valence-electron chi connectivity index (χ2n) is 7.79. The van der Waals surface area contributed by atoms with E-state index < -0.39 is 0 Å². The largest absolute Gasteiger partial charge is 0.350 e. The Balaban J connectivity index is 1.47. The van der Waals surface area contributed by atoms with Crippen molar-refractivity contribution in [2.24, 2.45) is 5.41 Å². The van der Waals surface area contributed by atoms with Crippen molar-refractivity contribution in [1.82, 2.24) is 24.6 Å². The first-order valence-electron chi connectivity index (χ1n) is 8.91. The maximum Gasteiger partial charge on any atom is 0.241 e. The van der Waals surface area contributed by atoms with Gasteiger partial charge in [-0.2, -0.15) is 0 Å². The van der Waals surface area contributed by atoms with Gasteiger partial charge in [0.2, 0.25) is 5.95 Å². The van der Waals surface area contributed by atoms with E-state index >= 15 is 0 Å². The zero-order valence-electron chi connectivity index (χ0n) is 14.8. The molecule has 4 aromatic rings. The van der Waals surface area contributed by atoms with Crippen LogP contribution in [0.1, 0.15) is 26.7 Å². The van der Waals surface area contributed by atoms with Crippen LogP contribution in [0.25, 0.3) is 27.8 Å². The Morgan fingerprint density at radius 2 is 1.96 bits per heavy atom. The maximum atomic E-state index is 4.73. The molecule has 26 heavy (non-hydrogen) atoms. The van der Waals surface area contributed by atoms with Gasteiger partial charge in [0.15, 0.2) is 0 Å². The van der Waals surface area contributed by atoms with Gasteiger partial charge in [-0.1, -0.05) is 13.8 Å². The number of aromatic nitrogens is 5. The fourth-order valence-corrected chi connectivity index (χ4v) is 3.85. The highest BCUT2D eigenvalue weighted by molar-refractivity contribution is 5.83. The highest BCUT2D eigenvalue weighted by Gasteiger charge is 2.36. The highest BCUT2D eigenvalue weighted by atomic mass is 15.3. The number of hydrogen-bond acceptors (Lipinski definition) is 5. The van der Waals surface area contributed by atoms with Crippen LogP contribution in [0, 0.1) is 5.41 Å². The summed E-state index contributed by atoms with van der Waals surface area (Å²) in [6.45, 7) is 4.58. The van der Waals surface area contributed by atoms with Crippen molar-refractivity contribution in [1.29, 1.82) is 0 Å². The molecule has 0 amide bonds. The number of pyridine rings is 2. The molecular formula is C20H20N6. The van der Waals surface area contributed by atoms with Gasteiger partial charge in [0.1, 0.15) is 0 Å². The first kappa shape index (κ1) is 15.3. The van der Waals surface area contributed by atoms with Gasteiger partial charge in [-0.3, -0.25) is 4.98 Å². The Morgan fingerprint density at radius 1 is 1.08 bits per heavy atom. The molecule has 1 saturated carbocycles. The molecule has 0 bridgehead atoms. The minimum atomic E-state index is 0.430. The van der Waals surface area contributed by atoms with Crippen molar-refractivity contribution in [2.75, 3.05) is 5.32 Å². The van der Waals surface area contributed by atoms with Crippen LogP contribution in [-0.2, 0) is 0 Å². The number of anilines is 1. The van der Waals surface area contributed by atoms with E-state index in [1.807, 2.05) is 47.2 Å². The summed E-state index contributed by atoms with van der Waals surface area (Å²) in [5.74, 6) is 0.677. The average Bonchev–Trinajstić information content (AvgIpc) is 3.03. The van der Waals surface area contributed by atoms with E-state index in [1.54, 1.807) is 6.20 Å². The van der Waals surface area contributed by atoms with E-state index in [1.165, 1.54) is 0 Å². The molecule has 1 aliphatic carbocycles. The smallest absolute Gasteiger partial charge is 0.241 e. The highest BCUT2D eigenvalue weighted by Crippen LogP contribution is 2.41. The fourth-order valence-electron chi connectivity index (χ4n) is 3.85. The molecule has 1 fully saturated rings. The zero-order chi connectivity index (χ0) is 17.7. The van der Waals surface area contributed by atoms with Crippen LogP contribution in [0.3, 0.4) is 0 Å². The predicted octanol–water partition coefficient (Wildman–Crippen LogP) is 3.94. The molecule has 0 unspecified atom stereocenters. The minimum absolute atomic E-state index is 0.430. The van der Waals surface area contributed by atoms with E-state index in [0.717, 1.165) is 40.6 Å². The lowest BCUT2D eigenvalue weighted by atomic mass is 9.68. The minimum Gasteiger partial charge on any atom is -0.350 e. The SMILES string of the molecule is CC1(C)CC(Nc2ncc3c(-c4ccc5ncccc5n4)ccn3n2)C1. The summed E-state index contributed by atoms with van der Waals surface area (Å²) in [7, 11) is 0. The number of fused-ring (bicyclic) bond motifs is 2. The van der Waals surface area contributed by atoms with Gasteiger partial charge in [-0.05, 0) is 48.6 Å². The summed E-state index contributed by atoms with van der Waals surface area (Å²) < 4.78 is 1.86. The van der Waals surface area contributed by atoms with Crippen LogP contribution in [0.5, 0.6) is 0 Å². The van der Waals surface area contributed by atoms with Gasteiger partial charge in [0.05, 0.1) is 28.4 Å². The lowest BCUT2D eigenvalue weighted by Gasteiger charge is -2.42. The van der Waals surface area contributed by atoms with Crippen LogP contribution >= 0.6 is 0 Å². The standard InChI is InChI=1S/C20H20N6/c1-20(2)10-13(11-20)23-19-22-12-18-14(7-9-26(18)25-19)15-5-6-16-17(24-15)4-3-8-21-16/h3-9,12-13H,10-11H2,1-2H3,(H,23,25). The molecule has 4 aromatic heterocycles. The van der Waals surface area contributed by atoms with Crippen LogP contribution < -0.4 is 5.32 Å². The molecular weight excluding hydrogens is 324 g/mol. The maximum absolute atomic E-state index is 4.73. The molecule has 1 aliphatic rings. The summed E-state index contributed by atoms with van der Waals surface area (Å²) >= 11 is 0. The molecule has 0 atom stereocenters.